The maximum absolute atomic E-state index is 13.2. The molecule has 0 aliphatic heterocycles. The van der Waals surface area contributed by atoms with Gasteiger partial charge < -0.3 is 5.73 Å². The van der Waals surface area contributed by atoms with Gasteiger partial charge in [-0.1, -0.05) is 26.7 Å². The van der Waals surface area contributed by atoms with Crippen molar-refractivity contribution in [3.05, 3.63) is 22.4 Å². The van der Waals surface area contributed by atoms with E-state index >= 15 is 0 Å². The van der Waals surface area contributed by atoms with E-state index in [2.05, 4.69) is 20.7 Å². The minimum atomic E-state index is -3.72. The van der Waals surface area contributed by atoms with Gasteiger partial charge in [-0.2, -0.15) is 0 Å². The molecular formula is C12H18BrFN2O2S. The van der Waals surface area contributed by atoms with E-state index in [1.165, 1.54) is 6.07 Å². The van der Waals surface area contributed by atoms with E-state index in [-0.39, 0.29) is 21.0 Å². The molecule has 1 rings (SSSR count). The molecule has 19 heavy (non-hydrogen) atoms. The Morgan fingerprint density at radius 2 is 1.95 bits per heavy atom. The molecule has 0 fully saturated rings. The number of nitrogens with one attached hydrogen (secondary N) is 1. The molecule has 0 atom stereocenters. The van der Waals surface area contributed by atoms with Gasteiger partial charge in [0.2, 0.25) is 10.0 Å². The van der Waals surface area contributed by atoms with Crippen molar-refractivity contribution in [3.63, 3.8) is 0 Å². The summed E-state index contributed by atoms with van der Waals surface area (Å²) in [5.74, 6) is -0.309. The maximum atomic E-state index is 13.2. The summed E-state index contributed by atoms with van der Waals surface area (Å²) in [6.45, 7) is 4.36. The van der Waals surface area contributed by atoms with Crippen LogP contribution in [0.1, 0.15) is 26.7 Å². The van der Waals surface area contributed by atoms with E-state index in [0.29, 0.717) is 6.54 Å². The van der Waals surface area contributed by atoms with Crippen molar-refractivity contribution in [2.45, 2.75) is 31.6 Å². The first-order chi connectivity index (χ1) is 8.81. The number of nitrogens with two attached hydrogens (primary N) is 1. The molecule has 0 saturated heterocycles. The lowest BCUT2D eigenvalue weighted by molar-refractivity contribution is 0.479. The molecule has 0 radical (unpaired) electrons. The number of anilines is 1. The van der Waals surface area contributed by atoms with E-state index in [1.54, 1.807) is 0 Å². The lowest BCUT2D eigenvalue weighted by atomic mass is 10.0. The monoisotopic (exact) mass is 352 g/mol. The average Bonchev–Trinajstić information content (AvgIpc) is 2.34. The van der Waals surface area contributed by atoms with Crippen LogP contribution in [0.5, 0.6) is 0 Å². The smallest absolute Gasteiger partial charge is 0.242 e. The molecule has 7 heteroatoms. The topological polar surface area (TPSA) is 72.2 Å². The van der Waals surface area contributed by atoms with Crippen molar-refractivity contribution in [3.8, 4) is 0 Å². The van der Waals surface area contributed by atoms with E-state index in [1.807, 2.05) is 13.8 Å². The van der Waals surface area contributed by atoms with Gasteiger partial charge >= 0.3 is 0 Å². The highest BCUT2D eigenvalue weighted by Gasteiger charge is 2.20. The minimum absolute atomic E-state index is 0.0737. The van der Waals surface area contributed by atoms with Crippen molar-refractivity contribution < 1.29 is 12.8 Å². The highest BCUT2D eigenvalue weighted by molar-refractivity contribution is 9.10. The zero-order valence-electron chi connectivity index (χ0n) is 10.9. The summed E-state index contributed by atoms with van der Waals surface area (Å²) in [6, 6.07) is 2.18. The van der Waals surface area contributed by atoms with Crippen LogP contribution in [0.25, 0.3) is 0 Å². The first-order valence-corrected chi connectivity index (χ1v) is 8.33. The van der Waals surface area contributed by atoms with Crippen LogP contribution in [0.15, 0.2) is 21.5 Å². The van der Waals surface area contributed by atoms with Crippen LogP contribution in [-0.4, -0.2) is 15.0 Å². The molecule has 1 aromatic carbocycles. The zero-order chi connectivity index (χ0) is 14.6. The Hall–Kier alpha value is -0.660. The standard InChI is InChI=1S/C12H18BrFN2O2S/c1-3-8(4-2)7-16-19(17,18)12-5-9(13)10(14)6-11(12)15/h5-6,8,16H,3-4,7,15H2,1-2H3. The Morgan fingerprint density at radius 3 is 2.47 bits per heavy atom. The SMILES string of the molecule is CCC(CC)CNS(=O)(=O)c1cc(Br)c(F)cc1N. The Balaban J connectivity index is 2.98. The van der Waals surface area contributed by atoms with Crippen LogP contribution >= 0.6 is 15.9 Å². The molecule has 0 unspecified atom stereocenters. The number of hydrogen-bond donors (Lipinski definition) is 2. The second kappa shape index (κ2) is 6.67. The van der Waals surface area contributed by atoms with Gasteiger partial charge in [0, 0.05) is 6.54 Å². The predicted octanol–water partition coefficient (Wildman–Crippen LogP) is 2.88. The van der Waals surface area contributed by atoms with Gasteiger partial charge in [-0.15, -0.1) is 0 Å². The van der Waals surface area contributed by atoms with Gasteiger partial charge in [0.05, 0.1) is 10.2 Å². The highest BCUT2D eigenvalue weighted by atomic mass is 79.9. The molecule has 0 aliphatic carbocycles. The lowest BCUT2D eigenvalue weighted by Crippen LogP contribution is -2.29. The van der Waals surface area contributed by atoms with E-state index in [0.717, 1.165) is 18.9 Å². The lowest BCUT2D eigenvalue weighted by Gasteiger charge is -2.14. The molecular weight excluding hydrogens is 335 g/mol. The molecule has 0 aromatic heterocycles. The summed E-state index contributed by atoms with van der Waals surface area (Å²) >= 11 is 2.96. The molecule has 0 spiro atoms. The van der Waals surface area contributed by atoms with Crippen LogP contribution in [0.2, 0.25) is 0 Å². The van der Waals surface area contributed by atoms with Crippen molar-refractivity contribution in [2.24, 2.45) is 5.92 Å². The van der Waals surface area contributed by atoms with Crippen molar-refractivity contribution in [1.29, 1.82) is 0 Å². The van der Waals surface area contributed by atoms with E-state index in [9.17, 15) is 12.8 Å². The summed E-state index contributed by atoms with van der Waals surface area (Å²) in [6.07, 6.45) is 1.78. The third kappa shape index (κ3) is 4.15. The predicted molar refractivity (Wildman–Crippen MR) is 77.8 cm³/mol. The first kappa shape index (κ1) is 16.4. The average molecular weight is 353 g/mol. The number of benzene rings is 1. The molecule has 1 aromatic rings. The summed E-state index contributed by atoms with van der Waals surface area (Å²) < 4.78 is 40.1. The van der Waals surface area contributed by atoms with Crippen LogP contribution in [0.4, 0.5) is 10.1 Å². The fourth-order valence-electron chi connectivity index (χ4n) is 1.66. The largest absolute Gasteiger partial charge is 0.398 e. The number of halogens is 2. The van der Waals surface area contributed by atoms with Gasteiger partial charge in [0.15, 0.2) is 0 Å². The molecule has 0 aliphatic rings. The van der Waals surface area contributed by atoms with Crippen LogP contribution in [-0.2, 0) is 10.0 Å². The summed E-state index contributed by atoms with van der Waals surface area (Å²) in [5, 5.41) is 0. The van der Waals surface area contributed by atoms with Gasteiger partial charge in [-0.05, 0) is 34.0 Å². The third-order valence-electron chi connectivity index (χ3n) is 3.06. The van der Waals surface area contributed by atoms with Crippen LogP contribution in [0.3, 0.4) is 0 Å². The quantitative estimate of drug-likeness (QED) is 0.773. The Bertz CT molecular complexity index is 545. The van der Waals surface area contributed by atoms with Crippen molar-refractivity contribution in [1.82, 2.24) is 4.72 Å². The molecule has 0 amide bonds. The Morgan fingerprint density at radius 1 is 1.37 bits per heavy atom. The van der Waals surface area contributed by atoms with Crippen molar-refractivity contribution in [2.75, 3.05) is 12.3 Å². The van der Waals surface area contributed by atoms with Gasteiger partial charge in [-0.25, -0.2) is 17.5 Å². The first-order valence-electron chi connectivity index (χ1n) is 6.06. The van der Waals surface area contributed by atoms with Gasteiger partial charge in [0.25, 0.3) is 0 Å². The number of nitrogen functional groups attached to an aromatic ring is 1. The summed E-state index contributed by atoms with van der Waals surface area (Å²) in [4.78, 5) is -0.105. The molecule has 0 heterocycles. The van der Waals surface area contributed by atoms with Gasteiger partial charge in [0.1, 0.15) is 10.7 Å². The highest BCUT2D eigenvalue weighted by Crippen LogP contribution is 2.26. The van der Waals surface area contributed by atoms with Crippen LogP contribution < -0.4 is 10.5 Å². The fraction of sp³-hybridized carbons (Fsp3) is 0.500. The zero-order valence-corrected chi connectivity index (χ0v) is 13.3. The molecule has 4 nitrogen and oxygen atoms in total. The normalized spacial score (nSPS) is 12.1. The number of hydrogen-bond acceptors (Lipinski definition) is 3. The van der Waals surface area contributed by atoms with Gasteiger partial charge in [-0.3, -0.25) is 0 Å². The molecule has 3 N–H and O–H groups in total. The molecule has 0 saturated carbocycles. The van der Waals surface area contributed by atoms with E-state index < -0.39 is 15.8 Å². The fourth-order valence-corrected chi connectivity index (χ4v) is 3.41. The summed E-state index contributed by atoms with van der Waals surface area (Å²) in [7, 11) is -3.72. The Kier molecular flexibility index (Phi) is 5.76. The molecule has 108 valence electrons. The van der Waals surface area contributed by atoms with Crippen molar-refractivity contribution >= 4 is 31.6 Å². The summed E-state index contributed by atoms with van der Waals surface area (Å²) in [5.41, 5.74) is 5.47. The van der Waals surface area contributed by atoms with Crippen LogP contribution in [0, 0.1) is 11.7 Å². The third-order valence-corrected chi connectivity index (χ3v) is 5.15. The second-order valence-electron chi connectivity index (χ2n) is 4.34. The Labute approximate surface area is 121 Å². The second-order valence-corrected chi connectivity index (χ2v) is 6.93. The van der Waals surface area contributed by atoms with E-state index in [4.69, 9.17) is 5.73 Å². The number of sulfonamides is 1. The maximum Gasteiger partial charge on any atom is 0.242 e. The minimum Gasteiger partial charge on any atom is -0.398 e. The number of rotatable bonds is 6. The molecule has 0 bridgehead atoms.